The molecule has 1 aliphatic heterocycles. The second kappa shape index (κ2) is 7.81. The summed E-state index contributed by atoms with van der Waals surface area (Å²) in [6, 6.07) is 5.60. The van der Waals surface area contributed by atoms with Crippen molar-refractivity contribution in [3.05, 3.63) is 29.8 Å². The van der Waals surface area contributed by atoms with E-state index in [1.54, 1.807) is 6.92 Å². The van der Waals surface area contributed by atoms with Crippen LogP contribution >= 0.6 is 0 Å². The van der Waals surface area contributed by atoms with Gasteiger partial charge in [0.15, 0.2) is 0 Å². The lowest BCUT2D eigenvalue weighted by Crippen LogP contribution is -2.46. The minimum absolute atomic E-state index is 0.101. The predicted molar refractivity (Wildman–Crippen MR) is 94.2 cm³/mol. The lowest BCUT2D eigenvalue weighted by Gasteiger charge is -2.30. The average Bonchev–Trinajstić information content (AvgIpc) is 2.54. The number of rotatable bonds is 6. The van der Waals surface area contributed by atoms with Crippen molar-refractivity contribution in [3.8, 4) is 0 Å². The van der Waals surface area contributed by atoms with E-state index in [9.17, 15) is 21.6 Å². The van der Waals surface area contributed by atoms with Crippen LogP contribution in [0.5, 0.6) is 0 Å². The first-order chi connectivity index (χ1) is 11.6. The maximum absolute atomic E-state index is 12.3. The molecular weight excluding hydrogens is 366 g/mol. The van der Waals surface area contributed by atoms with E-state index in [-0.39, 0.29) is 23.4 Å². The van der Waals surface area contributed by atoms with Crippen molar-refractivity contribution >= 4 is 26.0 Å². The fourth-order valence-corrected chi connectivity index (χ4v) is 4.57. The van der Waals surface area contributed by atoms with Crippen LogP contribution in [-0.4, -0.2) is 59.0 Å². The molecule has 0 unspecified atom stereocenters. The molecule has 0 bridgehead atoms. The van der Waals surface area contributed by atoms with Crippen LogP contribution in [0.4, 0.5) is 0 Å². The number of carbonyl (C=O) groups excluding carboxylic acids is 1. The van der Waals surface area contributed by atoms with E-state index < -0.39 is 20.0 Å². The van der Waals surface area contributed by atoms with Gasteiger partial charge >= 0.3 is 0 Å². The van der Waals surface area contributed by atoms with Crippen LogP contribution in [0.3, 0.4) is 0 Å². The van der Waals surface area contributed by atoms with Gasteiger partial charge in [0.2, 0.25) is 20.0 Å². The number of nitrogens with zero attached hydrogens (tertiary/aromatic N) is 1. The number of hydrogen-bond donors (Lipinski definition) is 2. The first-order valence-electron chi connectivity index (χ1n) is 7.99. The summed E-state index contributed by atoms with van der Waals surface area (Å²) in [5, 5.41) is 2.87. The third-order valence-electron chi connectivity index (χ3n) is 4.02. The van der Waals surface area contributed by atoms with E-state index in [2.05, 4.69) is 10.0 Å². The number of amides is 1. The zero-order chi connectivity index (χ0) is 18.7. The normalized spacial score (nSPS) is 17.4. The molecule has 2 rings (SSSR count). The average molecular weight is 389 g/mol. The van der Waals surface area contributed by atoms with Gasteiger partial charge in [-0.05, 0) is 37.1 Å². The fraction of sp³-hybridized carbons (Fsp3) is 0.533. The topological polar surface area (TPSA) is 113 Å². The second-order valence-electron chi connectivity index (χ2n) is 5.94. The molecule has 1 aromatic carbocycles. The van der Waals surface area contributed by atoms with Gasteiger partial charge in [0.25, 0.3) is 5.91 Å². The molecule has 2 N–H and O–H groups in total. The second-order valence-corrected chi connectivity index (χ2v) is 9.68. The Balaban J connectivity index is 1.96. The molecule has 10 heteroatoms. The molecule has 140 valence electrons. The Bertz CT molecular complexity index is 811. The Labute approximate surface area is 148 Å². The summed E-state index contributed by atoms with van der Waals surface area (Å²) in [5.41, 5.74) is 0.362. The molecule has 0 radical (unpaired) electrons. The summed E-state index contributed by atoms with van der Waals surface area (Å²) in [4.78, 5) is 12.4. The predicted octanol–water partition coefficient (Wildman–Crippen LogP) is 0.139. The molecule has 0 aliphatic carbocycles. The largest absolute Gasteiger partial charge is 0.349 e. The zero-order valence-corrected chi connectivity index (χ0v) is 15.9. The summed E-state index contributed by atoms with van der Waals surface area (Å²) in [7, 11) is -6.74. The molecule has 1 amide bonds. The number of sulfonamides is 2. The van der Waals surface area contributed by atoms with Gasteiger partial charge in [-0.1, -0.05) is 6.92 Å². The van der Waals surface area contributed by atoms with Gasteiger partial charge in [0.1, 0.15) is 0 Å². The van der Waals surface area contributed by atoms with E-state index in [0.717, 1.165) is 0 Å². The quantitative estimate of drug-likeness (QED) is 0.719. The van der Waals surface area contributed by atoms with Crippen molar-refractivity contribution in [2.45, 2.75) is 30.7 Å². The molecular formula is C15H23N3O5S2. The van der Waals surface area contributed by atoms with Gasteiger partial charge in [-0.25, -0.2) is 25.9 Å². The van der Waals surface area contributed by atoms with E-state index in [1.807, 2.05) is 0 Å². The van der Waals surface area contributed by atoms with Crippen LogP contribution in [0.15, 0.2) is 29.2 Å². The Morgan fingerprint density at radius 2 is 1.68 bits per heavy atom. The van der Waals surface area contributed by atoms with Crippen molar-refractivity contribution < 1.29 is 21.6 Å². The first kappa shape index (κ1) is 19.8. The standard InChI is InChI=1S/C15H23N3O5S2/c1-3-16-25(22,23)14-6-4-12(5-7-14)15(19)17-13-8-10-18(11-9-13)24(2,20)21/h4-7,13,16H,3,8-11H2,1-2H3,(H,17,19). The maximum atomic E-state index is 12.3. The van der Waals surface area contributed by atoms with Crippen LogP contribution in [0.1, 0.15) is 30.1 Å². The maximum Gasteiger partial charge on any atom is 0.251 e. The number of benzene rings is 1. The van der Waals surface area contributed by atoms with Gasteiger partial charge in [0.05, 0.1) is 11.2 Å². The molecule has 8 nitrogen and oxygen atoms in total. The monoisotopic (exact) mass is 389 g/mol. The van der Waals surface area contributed by atoms with Crippen molar-refractivity contribution in [1.29, 1.82) is 0 Å². The van der Waals surface area contributed by atoms with E-state index >= 15 is 0 Å². The molecule has 0 atom stereocenters. The molecule has 0 saturated carbocycles. The zero-order valence-electron chi connectivity index (χ0n) is 14.2. The number of hydrogen-bond acceptors (Lipinski definition) is 5. The number of carbonyl (C=O) groups is 1. The summed E-state index contributed by atoms with van der Waals surface area (Å²) in [6.07, 6.45) is 2.27. The SMILES string of the molecule is CCNS(=O)(=O)c1ccc(C(=O)NC2CCN(S(C)(=O)=O)CC2)cc1. The molecule has 25 heavy (non-hydrogen) atoms. The van der Waals surface area contributed by atoms with Crippen LogP contribution in [0.25, 0.3) is 0 Å². The minimum Gasteiger partial charge on any atom is -0.349 e. The fourth-order valence-electron chi connectivity index (χ4n) is 2.66. The molecule has 0 aromatic heterocycles. The van der Waals surface area contributed by atoms with Crippen LogP contribution in [0.2, 0.25) is 0 Å². The van der Waals surface area contributed by atoms with Gasteiger partial charge in [0, 0.05) is 31.2 Å². The van der Waals surface area contributed by atoms with Crippen LogP contribution in [-0.2, 0) is 20.0 Å². The highest BCUT2D eigenvalue weighted by Gasteiger charge is 2.26. The van der Waals surface area contributed by atoms with Crippen LogP contribution < -0.4 is 10.0 Å². The summed E-state index contributed by atoms with van der Waals surface area (Å²) in [6.45, 7) is 2.73. The highest BCUT2D eigenvalue weighted by atomic mass is 32.2. The van der Waals surface area contributed by atoms with E-state index in [4.69, 9.17) is 0 Å². The minimum atomic E-state index is -3.54. The van der Waals surface area contributed by atoms with Crippen molar-refractivity contribution in [3.63, 3.8) is 0 Å². The Hall–Kier alpha value is -1.49. The lowest BCUT2D eigenvalue weighted by atomic mass is 10.1. The Morgan fingerprint density at radius 3 is 2.16 bits per heavy atom. The lowest BCUT2D eigenvalue weighted by molar-refractivity contribution is 0.0924. The molecule has 1 aromatic rings. The molecule has 0 spiro atoms. The molecule has 1 heterocycles. The third-order valence-corrected chi connectivity index (χ3v) is 6.88. The molecule has 1 saturated heterocycles. The first-order valence-corrected chi connectivity index (χ1v) is 11.3. The smallest absolute Gasteiger partial charge is 0.251 e. The van der Waals surface area contributed by atoms with Crippen molar-refractivity contribution in [2.24, 2.45) is 0 Å². The number of piperidine rings is 1. The highest BCUT2D eigenvalue weighted by Crippen LogP contribution is 2.15. The van der Waals surface area contributed by atoms with Gasteiger partial charge in [-0.15, -0.1) is 0 Å². The highest BCUT2D eigenvalue weighted by molar-refractivity contribution is 7.89. The van der Waals surface area contributed by atoms with Gasteiger partial charge in [-0.3, -0.25) is 4.79 Å². The summed E-state index contributed by atoms with van der Waals surface area (Å²) < 4.78 is 50.5. The van der Waals surface area contributed by atoms with Crippen LogP contribution in [0, 0.1) is 0 Å². The summed E-state index contributed by atoms with van der Waals surface area (Å²) >= 11 is 0. The van der Waals surface area contributed by atoms with Crippen molar-refractivity contribution in [2.75, 3.05) is 25.9 Å². The molecule has 1 aliphatic rings. The Kier molecular flexibility index (Phi) is 6.20. The van der Waals surface area contributed by atoms with Crippen molar-refractivity contribution in [1.82, 2.24) is 14.3 Å². The van der Waals surface area contributed by atoms with Gasteiger partial charge < -0.3 is 5.32 Å². The number of nitrogens with one attached hydrogen (secondary N) is 2. The van der Waals surface area contributed by atoms with Gasteiger partial charge in [-0.2, -0.15) is 0 Å². The molecule has 1 fully saturated rings. The van der Waals surface area contributed by atoms with E-state index in [0.29, 0.717) is 31.5 Å². The third kappa shape index (κ3) is 5.24. The Morgan fingerprint density at radius 1 is 1.12 bits per heavy atom. The summed E-state index contributed by atoms with van der Waals surface area (Å²) in [5.74, 6) is -0.301. The van der Waals surface area contributed by atoms with E-state index in [1.165, 1.54) is 34.8 Å².